The fourth-order valence-corrected chi connectivity index (χ4v) is 3.04. The molecule has 0 aliphatic carbocycles. The van der Waals surface area contributed by atoms with Gasteiger partial charge in [-0.1, -0.05) is 0 Å². The van der Waals surface area contributed by atoms with Crippen molar-refractivity contribution in [1.82, 2.24) is 4.90 Å². The molecule has 4 heteroatoms. The van der Waals surface area contributed by atoms with Gasteiger partial charge in [-0.2, -0.15) is 0 Å². The summed E-state index contributed by atoms with van der Waals surface area (Å²) in [5.41, 5.74) is 5.62. The number of carbonyl (C=O) groups is 1. The Morgan fingerprint density at radius 2 is 1.76 bits per heavy atom. The van der Waals surface area contributed by atoms with Crippen molar-refractivity contribution in [2.45, 2.75) is 76.6 Å². The van der Waals surface area contributed by atoms with Gasteiger partial charge in [-0.3, -0.25) is 0 Å². The number of rotatable bonds is 0. The molecule has 2 heterocycles. The van der Waals surface area contributed by atoms with Crippen LogP contribution in [-0.4, -0.2) is 34.7 Å². The van der Waals surface area contributed by atoms with Crippen molar-refractivity contribution in [2.75, 3.05) is 0 Å². The minimum atomic E-state index is -0.412. The molecule has 17 heavy (non-hydrogen) atoms. The second-order valence-corrected chi connectivity index (χ2v) is 6.36. The third-order valence-electron chi connectivity index (χ3n) is 3.62. The minimum absolute atomic E-state index is 0.154. The SMILES string of the molecule is CC(C)(C)OC(=O)N1[C@@H]2CCC[C@H]1C[C@@H](N)C2. The molecule has 2 bridgehead atoms. The summed E-state index contributed by atoms with van der Waals surface area (Å²) < 4.78 is 5.49. The van der Waals surface area contributed by atoms with Crippen LogP contribution in [0.2, 0.25) is 0 Å². The summed E-state index contributed by atoms with van der Waals surface area (Å²) in [6.45, 7) is 5.74. The first-order valence-electron chi connectivity index (χ1n) is 6.64. The highest BCUT2D eigenvalue weighted by atomic mass is 16.6. The maximum Gasteiger partial charge on any atom is 0.410 e. The number of nitrogens with zero attached hydrogens (tertiary/aromatic N) is 1. The summed E-state index contributed by atoms with van der Waals surface area (Å²) in [5.74, 6) is 0. The first kappa shape index (κ1) is 12.7. The molecule has 2 rings (SSSR count). The average molecular weight is 240 g/mol. The van der Waals surface area contributed by atoms with Crippen molar-refractivity contribution in [3.8, 4) is 0 Å². The van der Waals surface area contributed by atoms with Gasteiger partial charge in [-0.05, 0) is 52.9 Å². The second-order valence-electron chi connectivity index (χ2n) is 6.36. The maximum atomic E-state index is 12.2. The smallest absolute Gasteiger partial charge is 0.410 e. The number of piperidine rings is 2. The predicted molar refractivity (Wildman–Crippen MR) is 66.7 cm³/mol. The van der Waals surface area contributed by atoms with Crippen molar-refractivity contribution < 1.29 is 9.53 Å². The normalized spacial score (nSPS) is 33.4. The van der Waals surface area contributed by atoms with Gasteiger partial charge in [-0.15, -0.1) is 0 Å². The zero-order valence-electron chi connectivity index (χ0n) is 11.1. The number of nitrogens with two attached hydrogens (primary N) is 1. The lowest BCUT2D eigenvalue weighted by Crippen LogP contribution is -2.58. The molecule has 2 aliphatic heterocycles. The highest BCUT2D eigenvalue weighted by Crippen LogP contribution is 2.34. The predicted octanol–water partition coefficient (Wildman–Crippen LogP) is 2.27. The lowest BCUT2D eigenvalue weighted by Gasteiger charge is -2.47. The monoisotopic (exact) mass is 240 g/mol. The molecule has 2 aliphatic rings. The zero-order chi connectivity index (χ0) is 12.6. The molecular formula is C13H24N2O2. The lowest BCUT2D eigenvalue weighted by molar-refractivity contribution is -0.0210. The summed E-state index contributed by atoms with van der Waals surface area (Å²) in [6.07, 6.45) is 5.05. The van der Waals surface area contributed by atoms with Crippen molar-refractivity contribution in [2.24, 2.45) is 5.73 Å². The Morgan fingerprint density at radius 1 is 1.24 bits per heavy atom. The van der Waals surface area contributed by atoms with Gasteiger partial charge in [0.1, 0.15) is 5.60 Å². The lowest BCUT2D eigenvalue weighted by atomic mass is 9.82. The van der Waals surface area contributed by atoms with Gasteiger partial charge in [0.2, 0.25) is 0 Å². The molecule has 0 unspecified atom stereocenters. The zero-order valence-corrected chi connectivity index (χ0v) is 11.1. The first-order chi connectivity index (χ1) is 7.87. The Kier molecular flexibility index (Phi) is 3.34. The van der Waals surface area contributed by atoms with E-state index in [1.807, 2.05) is 25.7 Å². The van der Waals surface area contributed by atoms with E-state index in [0.29, 0.717) is 12.1 Å². The maximum absolute atomic E-state index is 12.2. The standard InChI is InChI=1S/C13H24N2O2/c1-13(2,3)17-12(16)15-10-5-4-6-11(15)8-9(14)7-10/h9-11H,4-8,14H2,1-3H3/t9-,10+,11-. The van der Waals surface area contributed by atoms with Gasteiger partial charge in [0, 0.05) is 18.1 Å². The van der Waals surface area contributed by atoms with Crippen LogP contribution in [0.4, 0.5) is 4.79 Å². The number of amides is 1. The van der Waals surface area contributed by atoms with E-state index in [2.05, 4.69) is 0 Å². The summed E-state index contributed by atoms with van der Waals surface area (Å²) in [5, 5.41) is 0. The molecule has 2 saturated heterocycles. The topological polar surface area (TPSA) is 55.6 Å². The first-order valence-corrected chi connectivity index (χ1v) is 6.64. The Bertz CT molecular complexity index is 284. The van der Waals surface area contributed by atoms with E-state index in [4.69, 9.17) is 10.5 Å². The van der Waals surface area contributed by atoms with E-state index in [1.54, 1.807) is 0 Å². The minimum Gasteiger partial charge on any atom is -0.444 e. The summed E-state index contributed by atoms with van der Waals surface area (Å²) in [6, 6.07) is 0.851. The van der Waals surface area contributed by atoms with E-state index in [-0.39, 0.29) is 12.1 Å². The molecule has 0 radical (unpaired) electrons. The highest BCUT2D eigenvalue weighted by Gasteiger charge is 2.41. The van der Waals surface area contributed by atoms with Gasteiger partial charge < -0.3 is 15.4 Å². The molecule has 0 aromatic rings. The molecule has 1 amide bonds. The van der Waals surface area contributed by atoms with Crippen LogP contribution in [-0.2, 0) is 4.74 Å². The van der Waals surface area contributed by atoms with E-state index >= 15 is 0 Å². The molecule has 3 atom stereocenters. The van der Waals surface area contributed by atoms with Gasteiger partial charge in [-0.25, -0.2) is 4.79 Å². The molecule has 0 aromatic heterocycles. The number of fused-ring (bicyclic) bond motifs is 2. The van der Waals surface area contributed by atoms with Crippen LogP contribution in [0, 0.1) is 0 Å². The van der Waals surface area contributed by atoms with Crippen LogP contribution >= 0.6 is 0 Å². The summed E-state index contributed by atoms with van der Waals surface area (Å²) in [7, 11) is 0. The molecule has 0 saturated carbocycles. The molecule has 0 spiro atoms. The van der Waals surface area contributed by atoms with Crippen LogP contribution in [0.15, 0.2) is 0 Å². The number of hydrogen-bond acceptors (Lipinski definition) is 3. The summed E-state index contributed by atoms with van der Waals surface area (Å²) >= 11 is 0. The number of ether oxygens (including phenoxy) is 1. The Morgan fingerprint density at radius 3 is 2.24 bits per heavy atom. The molecule has 2 fully saturated rings. The van der Waals surface area contributed by atoms with Crippen LogP contribution in [0.3, 0.4) is 0 Å². The van der Waals surface area contributed by atoms with Crippen molar-refractivity contribution in [3.05, 3.63) is 0 Å². The van der Waals surface area contributed by atoms with Gasteiger partial charge >= 0.3 is 6.09 Å². The van der Waals surface area contributed by atoms with E-state index in [1.165, 1.54) is 6.42 Å². The van der Waals surface area contributed by atoms with E-state index < -0.39 is 5.60 Å². The van der Waals surface area contributed by atoms with Crippen LogP contribution in [0.25, 0.3) is 0 Å². The quantitative estimate of drug-likeness (QED) is 0.706. The van der Waals surface area contributed by atoms with Crippen molar-refractivity contribution in [1.29, 1.82) is 0 Å². The van der Waals surface area contributed by atoms with Gasteiger partial charge in [0.15, 0.2) is 0 Å². The Labute approximate surface area is 103 Å². The van der Waals surface area contributed by atoms with Gasteiger partial charge in [0.25, 0.3) is 0 Å². The van der Waals surface area contributed by atoms with E-state index in [9.17, 15) is 4.79 Å². The molecule has 2 N–H and O–H groups in total. The van der Waals surface area contributed by atoms with Crippen LogP contribution < -0.4 is 5.73 Å². The van der Waals surface area contributed by atoms with E-state index in [0.717, 1.165) is 25.7 Å². The van der Waals surface area contributed by atoms with Crippen LogP contribution in [0.1, 0.15) is 52.9 Å². The summed E-state index contributed by atoms with van der Waals surface area (Å²) in [4.78, 5) is 14.2. The third-order valence-corrected chi connectivity index (χ3v) is 3.62. The fourth-order valence-electron chi connectivity index (χ4n) is 3.04. The highest BCUT2D eigenvalue weighted by molar-refractivity contribution is 5.69. The van der Waals surface area contributed by atoms with Crippen molar-refractivity contribution >= 4 is 6.09 Å². The molecule has 0 aromatic carbocycles. The second kappa shape index (κ2) is 4.48. The fraction of sp³-hybridized carbons (Fsp3) is 0.923. The number of carbonyl (C=O) groups excluding carboxylic acids is 1. The molecular weight excluding hydrogens is 216 g/mol. The molecule has 98 valence electrons. The average Bonchev–Trinajstić information content (AvgIpc) is 2.12. The van der Waals surface area contributed by atoms with Gasteiger partial charge in [0.05, 0.1) is 0 Å². The Hall–Kier alpha value is -0.770. The number of hydrogen-bond donors (Lipinski definition) is 1. The largest absolute Gasteiger partial charge is 0.444 e. The molecule has 4 nitrogen and oxygen atoms in total. The van der Waals surface area contributed by atoms with Crippen LogP contribution in [0.5, 0.6) is 0 Å². The van der Waals surface area contributed by atoms with Crippen molar-refractivity contribution in [3.63, 3.8) is 0 Å². The third kappa shape index (κ3) is 2.92. The Balaban J connectivity index is 2.07.